The summed E-state index contributed by atoms with van der Waals surface area (Å²) in [4.78, 5) is 28.7. The van der Waals surface area contributed by atoms with Crippen LogP contribution in [0.25, 0.3) is 0 Å². The maximum Gasteiger partial charge on any atom is 0.270 e. The highest BCUT2D eigenvalue weighted by molar-refractivity contribution is 5.96. The molecule has 2 aromatic rings. The maximum absolute atomic E-state index is 12.4. The number of rotatable bonds is 5. The lowest BCUT2D eigenvalue weighted by atomic mass is 10.1. The molecule has 1 aromatic carbocycles. The van der Waals surface area contributed by atoms with Crippen LogP contribution in [-0.2, 0) is 11.2 Å². The number of pyridine rings is 1. The SMILES string of the molecule is COc1ccc(C)cc1CC(=O)Nc1ccnc(C(=O)NC(C)(C)C)c1. The quantitative estimate of drug-likeness (QED) is 0.864. The summed E-state index contributed by atoms with van der Waals surface area (Å²) in [6.45, 7) is 7.65. The van der Waals surface area contributed by atoms with Crippen molar-refractivity contribution in [2.24, 2.45) is 0 Å². The van der Waals surface area contributed by atoms with E-state index < -0.39 is 0 Å². The van der Waals surface area contributed by atoms with Crippen LogP contribution < -0.4 is 15.4 Å². The van der Waals surface area contributed by atoms with Crippen LogP contribution in [0.15, 0.2) is 36.5 Å². The minimum absolute atomic E-state index is 0.177. The van der Waals surface area contributed by atoms with Crippen molar-refractivity contribution in [1.82, 2.24) is 10.3 Å². The Morgan fingerprint density at radius 1 is 1.15 bits per heavy atom. The molecule has 0 unspecified atom stereocenters. The van der Waals surface area contributed by atoms with Crippen LogP contribution in [-0.4, -0.2) is 29.4 Å². The molecule has 0 radical (unpaired) electrons. The predicted octanol–water partition coefficient (Wildman–Crippen LogP) is 3.11. The van der Waals surface area contributed by atoms with Gasteiger partial charge in [0.25, 0.3) is 5.91 Å². The van der Waals surface area contributed by atoms with Gasteiger partial charge in [0.05, 0.1) is 13.5 Å². The molecule has 1 heterocycles. The molecule has 1 aromatic heterocycles. The third-order valence-electron chi connectivity index (χ3n) is 3.55. The Kier molecular flexibility index (Phi) is 5.97. The van der Waals surface area contributed by atoms with Crippen LogP contribution in [0.2, 0.25) is 0 Å². The molecule has 2 rings (SSSR count). The van der Waals surface area contributed by atoms with Gasteiger partial charge in [-0.3, -0.25) is 14.6 Å². The number of methoxy groups -OCH3 is 1. The summed E-state index contributed by atoms with van der Waals surface area (Å²) in [6, 6.07) is 8.92. The summed E-state index contributed by atoms with van der Waals surface area (Å²) in [5.41, 5.74) is 2.28. The van der Waals surface area contributed by atoms with Gasteiger partial charge in [-0.2, -0.15) is 0 Å². The topological polar surface area (TPSA) is 80.3 Å². The molecule has 0 aliphatic rings. The Morgan fingerprint density at radius 2 is 1.88 bits per heavy atom. The number of aryl methyl sites for hydroxylation is 1. The number of hydrogen-bond donors (Lipinski definition) is 2. The summed E-state index contributed by atoms with van der Waals surface area (Å²) < 4.78 is 5.31. The fraction of sp³-hybridized carbons (Fsp3) is 0.350. The van der Waals surface area contributed by atoms with Gasteiger partial charge in [0, 0.05) is 23.0 Å². The minimum atomic E-state index is -0.361. The normalized spacial score (nSPS) is 11.0. The first-order valence-corrected chi connectivity index (χ1v) is 8.40. The first-order chi connectivity index (χ1) is 12.2. The Hall–Kier alpha value is -2.89. The van der Waals surface area contributed by atoms with E-state index in [1.807, 2.05) is 45.9 Å². The zero-order valence-corrected chi connectivity index (χ0v) is 15.8. The third-order valence-corrected chi connectivity index (χ3v) is 3.55. The van der Waals surface area contributed by atoms with Crippen LogP contribution in [0.3, 0.4) is 0 Å². The molecule has 0 aliphatic heterocycles. The van der Waals surface area contributed by atoms with Crippen molar-refractivity contribution in [2.75, 3.05) is 12.4 Å². The van der Waals surface area contributed by atoms with Crippen LogP contribution in [0.5, 0.6) is 5.75 Å². The molecule has 0 saturated carbocycles. The highest BCUT2D eigenvalue weighted by Crippen LogP contribution is 2.21. The Morgan fingerprint density at radius 3 is 2.54 bits per heavy atom. The number of hydrogen-bond acceptors (Lipinski definition) is 4. The molecule has 26 heavy (non-hydrogen) atoms. The van der Waals surface area contributed by atoms with Gasteiger partial charge in [0.2, 0.25) is 5.91 Å². The van der Waals surface area contributed by atoms with Crippen molar-refractivity contribution in [2.45, 2.75) is 39.7 Å². The van der Waals surface area contributed by atoms with Gasteiger partial charge in [0.15, 0.2) is 0 Å². The zero-order chi connectivity index (χ0) is 19.3. The molecular formula is C20H25N3O3. The second-order valence-corrected chi connectivity index (χ2v) is 7.17. The van der Waals surface area contributed by atoms with E-state index in [0.29, 0.717) is 11.4 Å². The molecule has 6 heteroatoms. The number of benzene rings is 1. The first-order valence-electron chi connectivity index (χ1n) is 8.40. The lowest BCUT2D eigenvalue weighted by molar-refractivity contribution is -0.115. The Balaban J connectivity index is 2.09. The molecule has 0 fully saturated rings. The lowest BCUT2D eigenvalue weighted by Gasteiger charge is -2.20. The van der Waals surface area contributed by atoms with E-state index in [1.54, 1.807) is 19.2 Å². The molecule has 0 bridgehead atoms. The summed E-state index contributed by atoms with van der Waals surface area (Å²) in [6.07, 6.45) is 1.68. The number of amides is 2. The summed E-state index contributed by atoms with van der Waals surface area (Å²) in [5, 5.41) is 5.65. The van der Waals surface area contributed by atoms with Gasteiger partial charge >= 0.3 is 0 Å². The molecule has 138 valence electrons. The van der Waals surface area contributed by atoms with Gasteiger partial charge in [-0.05, 0) is 45.9 Å². The monoisotopic (exact) mass is 355 g/mol. The predicted molar refractivity (Wildman–Crippen MR) is 102 cm³/mol. The fourth-order valence-corrected chi connectivity index (χ4v) is 2.46. The maximum atomic E-state index is 12.4. The number of ether oxygens (including phenoxy) is 1. The minimum Gasteiger partial charge on any atom is -0.496 e. The second-order valence-electron chi connectivity index (χ2n) is 7.17. The van der Waals surface area contributed by atoms with Gasteiger partial charge in [-0.15, -0.1) is 0 Å². The van der Waals surface area contributed by atoms with E-state index in [1.165, 1.54) is 6.20 Å². The van der Waals surface area contributed by atoms with Crippen molar-refractivity contribution >= 4 is 17.5 Å². The molecule has 0 spiro atoms. The van der Waals surface area contributed by atoms with Crippen LogP contribution in [0, 0.1) is 6.92 Å². The number of nitrogens with zero attached hydrogens (tertiary/aromatic N) is 1. The van der Waals surface area contributed by atoms with E-state index in [9.17, 15) is 9.59 Å². The van der Waals surface area contributed by atoms with E-state index in [2.05, 4.69) is 15.6 Å². The summed E-state index contributed by atoms with van der Waals surface area (Å²) >= 11 is 0. The van der Waals surface area contributed by atoms with Crippen molar-refractivity contribution in [1.29, 1.82) is 0 Å². The van der Waals surface area contributed by atoms with Crippen LogP contribution in [0.4, 0.5) is 5.69 Å². The number of carbonyl (C=O) groups is 2. The van der Waals surface area contributed by atoms with Crippen molar-refractivity contribution in [3.63, 3.8) is 0 Å². The lowest BCUT2D eigenvalue weighted by Crippen LogP contribution is -2.40. The largest absolute Gasteiger partial charge is 0.496 e. The van der Waals surface area contributed by atoms with E-state index in [4.69, 9.17) is 4.74 Å². The standard InChI is InChI=1S/C20H25N3O3/c1-13-6-7-17(26-5)14(10-13)11-18(24)22-15-8-9-21-16(12-15)19(25)23-20(2,3)4/h6-10,12H,11H2,1-5H3,(H,23,25)(H,21,22,24). The Bertz CT molecular complexity index is 810. The van der Waals surface area contributed by atoms with E-state index in [0.717, 1.165) is 11.1 Å². The summed E-state index contributed by atoms with van der Waals surface area (Å²) in [5.74, 6) is 0.196. The van der Waals surface area contributed by atoms with Crippen molar-refractivity contribution < 1.29 is 14.3 Å². The van der Waals surface area contributed by atoms with Crippen LogP contribution >= 0.6 is 0 Å². The molecule has 2 N–H and O–H groups in total. The molecular weight excluding hydrogens is 330 g/mol. The fourth-order valence-electron chi connectivity index (χ4n) is 2.46. The van der Waals surface area contributed by atoms with E-state index in [-0.39, 0.29) is 29.5 Å². The van der Waals surface area contributed by atoms with Crippen molar-refractivity contribution in [3.8, 4) is 5.75 Å². The average Bonchev–Trinajstić information content (AvgIpc) is 2.53. The van der Waals surface area contributed by atoms with Gasteiger partial charge < -0.3 is 15.4 Å². The smallest absolute Gasteiger partial charge is 0.270 e. The second kappa shape index (κ2) is 7.99. The van der Waals surface area contributed by atoms with E-state index >= 15 is 0 Å². The number of carbonyl (C=O) groups excluding carboxylic acids is 2. The highest BCUT2D eigenvalue weighted by Gasteiger charge is 2.17. The zero-order valence-electron chi connectivity index (χ0n) is 15.8. The average molecular weight is 355 g/mol. The number of aromatic nitrogens is 1. The molecule has 0 aliphatic carbocycles. The van der Waals surface area contributed by atoms with Crippen molar-refractivity contribution in [3.05, 3.63) is 53.3 Å². The van der Waals surface area contributed by atoms with Gasteiger partial charge in [-0.25, -0.2) is 0 Å². The molecule has 0 atom stereocenters. The van der Waals surface area contributed by atoms with Gasteiger partial charge in [0.1, 0.15) is 11.4 Å². The number of nitrogens with one attached hydrogen (secondary N) is 2. The molecule has 6 nitrogen and oxygen atoms in total. The molecule has 2 amide bonds. The third kappa shape index (κ3) is 5.58. The molecule has 0 saturated heterocycles. The Labute approximate surface area is 154 Å². The van der Waals surface area contributed by atoms with Crippen LogP contribution in [0.1, 0.15) is 42.4 Å². The number of anilines is 1. The highest BCUT2D eigenvalue weighted by atomic mass is 16.5. The van der Waals surface area contributed by atoms with Gasteiger partial charge in [-0.1, -0.05) is 17.7 Å². The summed E-state index contributed by atoms with van der Waals surface area (Å²) in [7, 11) is 1.58. The first kappa shape index (κ1) is 19.4.